The zero-order valence-corrected chi connectivity index (χ0v) is 22.4. The van der Waals surface area contributed by atoms with Crippen LogP contribution < -0.4 is 10.6 Å². The summed E-state index contributed by atoms with van der Waals surface area (Å²) in [5.41, 5.74) is 1.75. The summed E-state index contributed by atoms with van der Waals surface area (Å²) in [7, 11) is -3.20. The van der Waals surface area contributed by atoms with Crippen LogP contribution in [-0.4, -0.2) is 51.7 Å². The normalized spacial score (nSPS) is 16.0. The highest BCUT2D eigenvalue weighted by atomic mass is 127. The number of hydrogen-bond donors (Lipinski definition) is 2. The van der Waals surface area contributed by atoms with Gasteiger partial charge < -0.3 is 10.6 Å². The molecule has 1 fully saturated rings. The zero-order valence-electron chi connectivity index (χ0n) is 18.4. The van der Waals surface area contributed by atoms with E-state index in [1.165, 1.54) is 24.0 Å². The second-order valence-electron chi connectivity index (χ2n) is 7.72. The number of halogens is 1. The van der Waals surface area contributed by atoms with Crippen molar-refractivity contribution in [3.63, 3.8) is 0 Å². The molecular weight excluding hydrogens is 543 g/mol. The second kappa shape index (κ2) is 12.2. The van der Waals surface area contributed by atoms with Crippen molar-refractivity contribution in [2.75, 3.05) is 32.4 Å². The number of rotatable bonds is 8. The maximum Gasteiger partial charge on any atom is 0.191 e. The molecule has 0 aliphatic carbocycles. The smallest absolute Gasteiger partial charge is 0.191 e. The molecule has 1 aliphatic rings. The summed E-state index contributed by atoms with van der Waals surface area (Å²) in [6.07, 6.45) is 3.77. The van der Waals surface area contributed by atoms with Gasteiger partial charge in [0.25, 0.3) is 0 Å². The van der Waals surface area contributed by atoms with Gasteiger partial charge in [0.05, 0.1) is 17.5 Å². The molecule has 0 spiro atoms. The first-order chi connectivity index (χ1) is 14.4. The van der Waals surface area contributed by atoms with Gasteiger partial charge in [-0.1, -0.05) is 18.2 Å². The molecule has 0 bridgehead atoms. The fraction of sp³-hybridized carbons (Fsp3) is 0.500. The minimum atomic E-state index is -3.20. The molecule has 172 valence electrons. The van der Waals surface area contributed by atoms with E-state index in [4.69, 9.17) is 4.99 Å². The first kappa shape index (κ1) is 26.1. The molecule has 1 aromatic heterocycles. The molecule has 1 aliphatic heterocycles. The summed E-state index contributed by atoms with van der Waals surface area (Å²) in [6.45, 7) is 8.25. The largest absolute Gasteiger partial charge is 0.357 e. The summed E-state index contributed by atoms with van der Waals surface area (Å²) in [6, 6.07) is 10.1. The van der Waals surface area contributed by atoms with E-state index in [9.17, 15) is 8.42 Å². The standard InChI is InChI=1S/C22H32N4O2S2.HI/c1-4-23-22(24-15-18-9-10-21(17(2)14-18)30(3,27)28)25-16-19(20-8-7-13-29-20)26-11-5-6-12-26;/h7-10,13-14,19H,4-6,11-12,15-16H2,1-3H3,(H2,23,24,25);1H. The van der Waals surface area contributed by atoms with Crippen LogP contribution in [0.4, 0.5) is 0 Å². The minimum Gasteiger partial charge on any atom is -0.357 e. The van der Waals surface area contributed by atoms with Crippen molar-refractivity contribution >= 4 is 51.1 Å². The van der Waals surface area contributed by atoms with E-state index in [1.54, 1.807) is 17.4 Å². The van der Waals surface area contributed by atoms with E-state index in [0.29, 0.717) is 17.5 Å². The minimum absolute atomic E-state index is 0. The van der Waals surface area contributed by atoms with E-state index in [1.807, 2.05) is 19.1 Å². The van der Waals surface area contributed by atoms with Crippen LogP contribution in [0.15, 0.2) is 45.6 Å². The molecule has 0 saturated carbocycles. The predicted molar refractivity (Wildman–Crippen MR) is 140 cm³/mol. The Morgan fingerprint density at radius 2 is 1.97 bits per heavy atom. The average molecular weight is 577 g/mol. The van der Waals surface area contributed by atoms with Gasteiger partial charge in [-0.05, 0) is 68.4 Å². The van der Waals surface area contributed by atoms with Gasteiger partial charge in [-0.3, -0.25) is 4.90 Å². The lowest BCUT2D eigenvalue weighted by Crippen LogP contribution is -2.42. The van der Waals surface area contributed by atoms with Crippen molar-refractivity contribution in [3.8, 4) is 0 Å². The summed E-state index contributed by atoms with van der Waals surface area (Å²) < 4.78 is 23.6. The quantitative estimate of drug-likeness (QED) is 0.283. The topological polar surface area (TPSA) is 73.8 Å². The molecule has 2 heterocycles. The van der Waals surface area contributed by atoms with E-state index in [0.717, 1.165) is 43.3 Å². The number of benzene rings is 1. The summed E-state index contributed by atoms with van der Waals surface area (Å²) in [4.78, 5) is 9.04. The van der Waals surface area contributed by atoms with Crippen molar-refractivity contribution < 1.29 is 8.42 Å². The zero-order chi connectivity index (χ0) is 21.6. The van der Waals surface area contributed by atoms with Crippen LogP contribution in [0.3, 0.4) is 0 Å². The second-order valence-corrected chi connectivity index (χ2v) is 10.7. The molecule has 1 unspecified atom stereocenters. The van der Waals surface area contributed by atoms with Gasteiger partial charge >= 0.3 is 0 Å². The van der Waals surface area contributed by atoms with E-state index in [2.05, 4.69) is 40.0 Å². The number of likely N-dealkylation sites (tertiary alicyclic amines) is 1. The van der Waals surface area contributed by atoms with Crippen LogP contribution in [-0.2, 0) is 16.4 Å². The Hall–Kier alpha value is -1.17. The van der Waals surface area contributed by atoms with E-state index < -0.39 is 9.84 Å². The van der Waals surface area contributed by atoms with Crippen LogP contribution in [0.25, 0.3) is 0 Å². The van der Waals surface area contributed by atoms with Crippen molar-refractivity contribution in [2.24, 2.45) is 4.99 Å². The third-order valence-electron chi connectivity index (χ3n) is 5.32. The lowest BCUT2D eigenvalue weighted by atomic mass is 10.1. The van der Waals surface area contributed by atoms with Gasteiger partial charge in [0.2, 0.25) is 0 Å². The van der Waals surface area contributed by atoms with Crippen molar-refractivity contribution in [1.29, 1.82) is 0 Å². The molecule has 3 rings (SSSR count). The molecule has 1 aromatic carbocycles. The fourth-order valence-corrected chi connectivity index (χ4v) is 5.70. The number of hydrogen-bond acceptors (Lipinski definition) is 5. The number of guanidine groups is 1. The lowest BCUT2D eigenvalue weighted by molar-refractivity contribution is 0.249. The van der Waals surface area contributed by atoms with Crippen LogP contribution in [0.5, 0.6) is 0 Å². The van der Waals surface area contributed by atoms with Crippen molar-refractivity contribution in [1.82, 2.24) is 15.5 Å². The van der Waals surface area contributed by atoms with Gasteiger partial charge in [0.15, 0.2) is 15.8 Å². The maximum absolute atomic E-state index is 11.8. The highest BCUT2D eigenvalue weighted by molar-refractivity contribution is 14.0. The summed E-state index contributed by atoms with van der Waals surface area (Å²) in [5, 5.41) is 8.98. The number of nitrogens with one attached hydrogen (secondary N) is 2. The van der Waals surface area contributed by atoms with E-state index in [-0.39, 0.29) is 24.0 Å². The van der Waals surface area contributed by atoms with Crippen LogP contribution >= 0.6 is 35.3 Å². The van der Waals surface area contributed by atoms with Crippen LogP contribution in [0.2, 0.25) is 0 Å². The molecule has 2 N–H and O–H groups in total. The van der Waals surface area contributed by atoms with Crippen molar-refractivity contribution in [3.05, 3.63) is 51.7 Å². The first-order valence-corrected chi connectivity index (χ1v) is 13.2. The number of aryl methyl sites for hydroxylation is 1. The molecular formula is C22H33IN4O2S2. The predicted octanol–water partition coefficient (Wildman–Crippen LogP) is 3.97. The fourth-order valence-electron chi connectivity index (χ4n) is 3.88. The van der Waals surface area contributed by atoms with Gasteiger partial charge in [0, 0.05) is 24.2 Å². The highest BCUT2D eigenvalue weighted by Gasteiger charge is 2.24. The third-order valence-corrected chi connectivity index (χ3v) is 7.55. The molecule has 0 radical (unpaired) electrons. The monoisotopic (exact) mass is 576 g/mol. The third kappa shape index (κ3) is 7.44. The maximum atomic E-state index is 11.8. The van der Waals surface area contributed by atoms with E-state index >= 15 is 0 Å². The van der Waals surface area contributed by atoms with Crippen LogP contribution in [0.1, 0.15) is 41.8 Å². The SMILES string of the molecule is CCNC(=NCc1ccc(S(C)(=O)=O)c(C)c1)NCC(c1cccs1)N1CCCC1.I. The Balaban J connectivity index is 0.00000341. The Bertz CT molecular complexity index is 956. The van der Waals surface area contributed by atoms with Gasteiger partial charge in [-0.15, -0.1) is 35.3 Å². The molecule has 6 nitrogen and oxygen atoms in total. The Labute approximate surface area is 207 Å². The van der Waals surface area contributed by atoms with Crippen molar-refractivity contribution in [2.45, 2.75) is 44.2 Å². The number of nitrogens with zero attached hydrogens (tertiary/aromatic N) is 2. The molecule has 2 aromatic rings. The molecule has 0 amide bonds. The Morgan fingerprint density at radius 3 is 2.55 bits per heavy atom. The highest BCUT2D eigenvalue weighted by Crippen LogP contribution is 2.27. The summed E-state index contributed by atoms with van der Waals surface area (Å²) >= 11 is 1.81. The van der Waals surface area contributed by atoms with Gasteiger partial charge in [-0.2, -0.15) is 0 Å². The number of sulfone groups is 1. The number of thiophene rings is 1. The lowest BCUT2D eigenvalue weighted by Gasteiger charge is -2.27. The molecule has 9 heteroatoms. The first-order valence-electron chi connectivity index (χ1n) is 10.5. The summed E-state index contributed by atoms with van der Waals surface area (Å²) in [5.74, 6) is 0.781. The Kier molecular flexibility index (Phi) is 10.2. The molecule has 31 heavy (non-hydrogen) atoms. The average Bonchev–Trinajstić information content (AvgIpc) is 3.40. The number of aliphatic imine (C=N–C) groups is 1. The van der Waals surface area contributed by atoms with Crippen LogP contribution in [0, 0.1) is 6.92 Å². The van der Waals surface area contributed by atoms with Gasteiger partial charge in [-0.25, -0.2) is 13.4 Å². The van der Waals surface area contributed by atoms with Gasteiger partial charge in [0.1, 0.15) is 0 Å². The Morgan fingerprint density at radius 1 is 1.23 bits per heavy atom. The molecule has 1 saturated heterocycles. The molecule has 1 atom stereocenters.